The van der Waals surface area contributed by atoms with Gasteiger partial charge in [-0.1, -0.05) is 41.6 Å². The molecule has 28 heavy (non-hydrogen) atoms. The zero-order valence-corrected chi connectivity index (χ0v) is 17.7. The first kappa shape index (κ1) is 20.1. The number of amides is 1. The summed E-state index contributed by atoms with van der Waals surface area (Å²) >= 11 is 1.47. The van der Waals surface area contributed by atoms with E-state index < -0.39 is 0 Å². The van der Waals surface area contributed by atoms with E-state index in [0.717, 1.165) is 40.7 Å². The number of carbonyl (C=O) groups excluding carboxylic acids is 1. The van der Waals surface area contributed by atoms with Crippen molar-refractivity contribution >= 4 is 23.1 Å². The van der Waals surface area contributed by atoms with Crippen LogP contribution in [0.3, 0.4) is 0 Å². The number of nitrogens with zero attached hydrogens (tertiary/aromatic N) is 3. The molecule has 0 fully saturated rings. The van der Waals surface area contributed by atoms with Crippen LogP contribution in [-0.2, 0) is 6.54 Å². The predicted octanol–water partition coefficient (Wildman–Crippen LogP) is 5.30. The fourth-order valence-corrected chi connectivity index (χ4v) is 3.91. The Morgan fingerprint density at radius 1 is 1.11 bits per heavy atom. The van der Waals surface area contributed by atoms with Crippen LogP contribution in [0, 0.1) is 0 Å². The standard InChI is InChI=1S/C22H27N3O2S/c1-5-24(6-2)22-18(20(23-27-22)17-11-8-7-9-12-17)15-25(16(3)4)21(26)19-13-10-14-28-19/h7-14,16H,5-6,15H2,1-4H3. The summed E-state index contributed by atoms with van der Waals surface area (Å²) in [6.07, 6.45) is 0. The molecular weight excluding hydrogens is 370 g/mol. The van der Waals surface area contributed by atoms with Gasteiger partial charge in [0.15, 0.2) is 0 Å². The summed E-state index contributed by atoms with van der Waals surface area (Å²) in [5.74, 6) is 0.782. The average molecular weight is 398 g/mol. The number of anilines is 1. The Bertz CT molecular complexity index is 884. The lowest BCUT2D eigenvalue weighted by Crippen LogP contribution is -2.36. The van der Waals surface area contributed by atoms with E-state index in [9.17, 15) is 4.79 Å². The number of aromatic nitrogens is 1. The fraction of sp³-hybridized carbons (Fsp3) is 0.364. The van der Waals surface area contributed by atoms with Gasteiger partial charge in [0, 0.05) is 24.7 Å². The molecule has 0 unspecified atom stereocenters. The van der Waals surface area contributed by atoms with Crippen molar-refractivity contribution in [3.05, 3.63) is 58.3 Å². The van der Waals surface area contributed by atoms with Gasteiger partial charge in [0.25, 0.3) is 5.91 Å². The highest BCUT2D eigenvalue weighted by atomic mass is 32.1. The van der Waals surface area contributed by atoms with Crippen LogP contribution in [0.15, 0.2) is 52.4 Å². The molecular formula is C22H27N3O2S. The molecule has 148 valence electrons. The Kier molecular flexibility index (Phi) is 6.52. The minimum absolute atomic E-state index is 0.0377. The van der Waals surface area contributed by atoms with Crippen molar-refractivity contribution in [1.82, 2.24) is 10.1 Å². The molecule has 1 amide bonds. The molecule has 0 aliphatic heterocycles. The Hall–Kier alpha value is -2.60. The smallest absolute Gasteiger partial charge is 0.264 e. The molecule has 2 aromatic heterocycles. The first-order chi connectivity index (χ1) is 13.6. The lowest BCUT2D eigenvalue weighted by atomic mass is 10.1. The minimum atomic E-state index is 0.0377. The Labute approximate surface area is 170 Å². The molecule has 0 spiro atoms. The van der Waals surface area contributed by atoms with Gasteiger partial charge < -0.3 is 14.3 Å². The van der Waals surface area contributed by atoms with Gasteiger partial charge in [0.1, 0.15) is 5.69 Å². The van der Waals surface area contributed by atoms with Crippen molar-refractivity contribution in [2.24, 2.45) is 0 Å². The molecule has 0 atom stereocenters. The third kappa shape index (κ3) is 4.12. The van der Waals surface area contributed by atoms with Crippen molar-refractivity contribution in [2.75, 3.05) is 18.0 Å². The van der Waals surface area contributed by atoms with Gasteiger partial charge in [0.2, 0.25) is 5.88 Å². The molecule has 6 heteroatoms. The van der Waals surface area contributed by atoms with Crippen molar-refractivity contribution in [3.8, 4) is 11.3 Å². The second kappa shape index (κ2) is 9.06. The van der Waals surface area contributed by atoms with E-state index in [2.05, 4.69) is 23.9 Å². The summed E-state index contributed by atoms with van der Waals surface area (Å²) in [4.78, 5) is 17.9. The van der Waals surface area contributed by atoms with Gasteiger partial charge in [-0.3, -0.25) is 4.79 Å². The summed E-state index contributed by atoms with van der Waals surface area (Å²) in [5, 5.41) is 6.32. The summed E-state index contributed by atoms with van der Waals surface area (Å²) in [5.41, 5.74) is 2.74. The number of hydrogen-bond donors (Lipinski definition) is 0. The molecule has 5 nitrogen and oxygen atoms in total. The second-order valence-electron chi connectivity index (χ2n) is 6.86. The SMILES string of the molecule is CCN(CC)c1onc(-c2ccccc2)c1CN(C(=O)c1cccs1)C(C)C. The van der Waals surface area contributed by atoms with Crippen LogP contribution in [-0.4, -0.2) is 35.1 Å². The maximum atomic E-state index is 13.1. The number of thiophene rings is 1. The van der Waals surface area contributed by atoms with Crippen molar-refractivity contribution in [1.29, 1.82) is 0 Å². The summed E-state index contributed by atoms with van der Waals surface area (Å²) in [7, 11) is 0. The highest BCUT2D eigenvalue weighted by Gasteiger charge is 2.27. The molecule has 3 rings (SSSR count). The zero-order valence-electron chi connectivity index (χ0n) is 16.9. The topological polar surface area (TPSA) is 49.6 Å². The molecule has 0 bridgehead atoms. The van der Waals surface area contributed by atoms with Gasteiger partial charge in [0.05, 0.1) is 17.0 Å². The first-order valence-electron chi connectivity index (χ1n) is 9.70. The van der Waals surface area contributed by atoms with Crippen molar-refractivity contribution < 1.29 is 9.32 Å². The minimum Gasteiger partial charge on any atom is -0.341 e. The van der Waals surface area contributed by atoms with Crippen LogP contribution >= 0.6 is 11.3 Å². The number of carbonyl (C=O) groups is 1. The summed E-state index contributed by atoms with van der Waals surface area (Å²) < 4.78 is 5.79. The quantitative estimate of drug-likeness (QED) is 0.517. The second-order valence-corrected chi connectivity index (χ2v) is 7.81. The number of rotatable bonds is 8. The maximum Gasteiger partial charge on any atom is 0.264 e. The van der Waals surface area contributed by atoms with E-state index in [-0.39, 0.29) is 11.9 Å². The third-order valence-corrected chi connectivity index (χ3v) is 5.67. The van der Waals surface area contributed by atoms with Gasteiger partial charge in [-0.15, -0.1) is 11.3 Å². The Morgan fingerprint density at radius 3 is 2.39 bits per heavy atom. The molecule has 2 heterocycles. The van der Waals surface area contributed by atoms with Crippen LogP contribution in [0.5, 0.6) is 0 Å². The van der Waals surface area contributed by atoms with Crippen LogP contribution in [0.1, 0.15) is 42.9 Å². The average Bonchev–Trinajstić information content (AvgIpc) is 3.38. The summed E-state index contributed by atoms with van der Waals surface area (Å²) in [6, 6.07) is 13.8. The van der Waals surface area contributed by atoms with E-state index in [4.69, 9.17) is 4.52 Å². The highest BCUT2D eigenvalue weighted by Crippen LogP contribution is 2.33. The zero-order chi connectivity index (χ0) is 20.1. The molecule has 0 saturated carbocycles. The Morgan fingerprint density at radius 2 is 1.82 bits per heavy atom. The van der Waals surface area contributed by atoms with E-state index in [0.29, 0.717) is 6.54 Å². The van der Waals surface area contributed by atoms with Crippen LogP contribution < -0.4 is 4.90 Å². The van der Waals surface area contributed by atoms with Gasteiger partial charge in [-0.05, 0) is 39.1 Å². The van der Waals surface area contributed by atoms with E-state index >= 15 is 0 Å². The lowest BCUT2D eigenvalue weighted by molar-refractivity contribution is 0.0696. The molecule has 0 N–H and O–H groups in total. The predicted molar refractivity (Wildman–Crippen MR) is 115 cm³/mol. The molecule has 3 aromatic rings. The van der Waals surface area contributed by atoms with Crippen LogP contribution in [0.4, 0.5) is 5.88 Å². The Balaban J connectivity index is 2.04. The normalized spacial score (nSPS) is 11.0. The molecule has 0 aliphatic carbocycles. The van der Waals surface area contributed by atoms with E-state index in [1.54, 1.807) is 0 Å². The van der Waals surface area contributed by atoms with Gasteiger partial charge in [-0.25, -0.2) is 0 Å². The monoisotopic (exact) mass is 397 g/mol. The van der Waals surface area contributed by atoms with Crippen molar-refractivity contribution in [3.63, 3.8) is 0 Å². The van der Waals surface area contributed by atoms with Gasteiger partial charge in [-0.2, -0.15) is 0 Å². The van der Waals surface area contributed by atoms with Gasteiger partial charge >= 0.3 is 0 Å². The number of benzene rings is 1. The largest absolute Gasteiger partial charge is 0.341 e. The molecule has 0 radical (unpaired) electrons. The highest BCUT2D eigenvalue weighted by molar-refractivity contribution is 7.12. The maximum absolute atomic E-state index is 13.1. The van der Waals surface area contributed by atoms with Crippen LogP contribution in [0.2, 0.25) is 0 Å². The summed E-state index contributed by atoms with van der Waals surface area (Å²) in [6.45, 7) is 10.3. The van der Waals surface area contributed by atoms with Crippen molar-refractivity contribution in [2.45, 2.75) is 40.3 Å². The van der Waals surface area contributed by atoms with Crippen LogP contribution in [0.25, 0.3) is 11.3 Å². The first-order valence-corrected chi connectivity index (χ1v) is 10.6. The van der Waals surface area contributed by atoms with E-state index in [1.807, 2.05) is 66.6 Å². The fourth-order valence-electron chi connectivity index (χ4n) is 3.23. The molecule has 1 aromatic carbocycles. The third-order valence-electron chi connectivity index (χ3n) is 4.81. The van der Waals surface area contributed by atoms with E-state index in [1.165, 1.54) is 11.3 Å². The number of hydrogen-bond acceptors (Lipinski definition) is 5. The molecule has 0 saturated heterocycles. The molecule has 0 aliphatic rings. The lowest BCUT2D eigenvalue weighted by Gasteiger charge is -2.27.